The van der Waals surface area contributed by atoms with E-state index in [0.29, 0.717) is 17.1 Å². The summed E-state index contributed by atoms with van der Waals surface area (Å²) in [6.45, 7) is 5.79. The molecule has 0 aliphatic rings. The van der Waals surface area contributed by atoms with Crippen LogP contribution in [0.1, 0.15) is 26.3 Å². The summed E-state index contributed by atoms with van der Waals surface area (Å²) in [5.74, 6) is -0.322. The van der Waals surface area contributed by atoms with Crippen molar-refractivity contribution in [3.05, 3.63) is 58.9 Å². The van der Waals surface area contributed by atoms with Gasteiger partial charge in [-0.25, -0.2) is 14.6 Å². The minimum Gasteiger partial charge on any atom is -0.443 e. The number of ether oxygens (including phenoxy) is 1. The minimum absolute atomic E-state index is 0.322. The molecule has 0 atom stereocenters. The number of halogens is 2. The molecule has 4 nitrogen and oxygen atoms in total. The number of carbonyl (C=O) groups excluding carboxylic acids is 1. The van der Waals surface area contributed by atoms with Crippen LogP contribution in [0, 0.1) is 5.82 Å². The molecule has 6 heteroatoms. The molecule has 2 aromatic carbocycles. The molecule has 2 rings (SSSR count). The van der Waals surface area contributed by atoms with Crippen molar-refractivity contribution < 1.29 is 13.9 Å². The Bertz CT molecular complexity index is 712. The van der Waals surface area contributed by atoms with Gasteiger partial charge < -0.3 is 4.74 Å². The highest BCUT2D eigenvalue weighted by Gasteiger charge is 2.15. The highest BCUT2D eigenvalue weighted by atomic mass is 35.5. The van der Waals surface area contributed by atoms with Crippen molar-refractivity contribution in [1.29, 1.82) is 0 Å². The smallest absolute Gasteiger partial charge is 0.422 e. The number of nitrogens with one attached hydrogen (secondary N) is 2. The molecule has 0 aliphatic heterocycles. The van der Waals surface area contributed by atoms with E-state index in [1.807, 2.05) is 12.1 Å². The van der Waals surface area contributed by atoms with Crippen molar-refractivity contribution in [1.82, 2.24) is 10.9 Å². The molecular weight excluding hydrogens is 331 g/mol. The summed E-state index contributed by atoms with van der Waals surface area (Å²) in [7, 11) is 0. The second kappa shape index (κ2) is 7.64. The third-order valence-corrected chi connectivity index (χ3v) is 3.31. The lowest BCUT2D eigenvalue weighted by molar-refractivity contribution is 0.0497. The third kappa shape index (κ3) is 5.51. The fraction of sp³-hybridized carbons (Fsp3) is 0.278. The van der Waals surface area contributed by atoms with Gasteiger partial charge in [0.25, 0.3) is 0 Å². The van der Waals surface area contributed by atoms with Gasteiger partial charge in [0, 0.05) is 17.1 Å². The molecule has 0 saturated heterocycles. The molecule has 128 valence electrons. The van der Waals surface area contributed by atoms with Crippen LogP contribution in [0.2, 0.25) is 5.02 Å². The van der Waals surface area contributed by atoms with Crippen LogP contribution in [0.25, 0.3) is 11.1 Å². The monoisotopic (exact) mass is 350 g/mol. The molecule has 0 unspecified atom stereocenters. The Kier molecular flexibility index (Phi) is 5.80. The molecular formula is C18H20ClFN2O2. The minimum atomic E-state index is -0.547. The van der Waals surface area contributed by atoms with Crippen molar-refractivity contribution in [3.8, 4) is 11.1 Å². The molecule has 0 aliphatic carbocycles. The molecule has 0 heterocycles. The van der Waals surface area contributed by atoms with Gasteiger partial charge in [-0.05, 0) is 50.1 Å². The van der Waals surface area contributed by atoms with Crippen LogP contribution >= 0.6 is 11.6 Å². The molecule has 24 heavy (non-hydrogen) atoms. The van der Waals surface area contributed by atoms with Gasteiger partial charge in [0.1, 0.15) is 11.4 Å². The van der Waals surface area contributed by atoms with Crippen LogP contribution in [0.5, 0.6) is 0 Å². The molecule has 0 aromatic heterocycles. The predicted octanol–water partition coefficient (Wildman–Crippen LogP) is 4.68. The maximum atomic E-state index is 13.9. The molecule has 0 bridgehead atoms. The largest absolute Gasteiger partial charge is 0.443 e. The van der Waals surface area contributed by atoms with E-state index in [1.165, 1.54) is 12.1 Å². The summed E-state index contributed by atoms with van der Waals surface area (Å²) < 4.78 is 19.0. The second-order valence-electron chi connectivity index (χ2n) is 6.30. The Hall–Kier alpha value is -2.11. The molecule has 2 N–H and O–H groups in total. The average Bonchev–Trinajstić information content (AvgIpc) is 2.49. The summed E-state index contributed by atoms with van der Waals surface area (Å²) in [5.41, 5.74) is 6.81. The first-order valence-corrected chi connectivity index (χ1v) is 7.88. The highest BCUT2D eigenvalue weighted by Crippen LogP contribution is 2.26. The fourth-order valence-corrected chi connectivity index (χ4v) is 2.22. The van der Waals surface area contributed by atoms with Gasteiger partial charge in [-0.15, -0.1) is 0 Å². The lowest BCUT2D eigenvalue weighted by Crippen LogP contribution is -2.40. The van der Waals surface area contributed by atoms with E-state index >= 15 is 0 Å². The van der Waals surface area contributed by atoms with Gasteiger partial charge in [0.2, 0.25) is 0 Å². The van der Waals surface area contributed by atoms with Gasteiger partial charge in [-0.1, -0.05) is 35.9 Å². The quantitative estimate of drug-likeness (QED) is 0.787. The Morgan fingerprint density at radius 3 is 2.46 bits per heavy atom. The second-order valence-corrected chi connectivity index (χ2v) is 6.74. The third-order valence-electron chi connectivity index (χ3n) is 3.08. The van der Waals surface area contributed by atoms with Gasteiger partial charge in [0.15, 0.2) is 0 Å². The normalized spacial score (nSPS) is 11.2. The van der Waals surface area contributed by atoms with Gasteiger partial charge in [-0.3, -0.25) is 5.43 Å². The van der Waals surface area contributed by atoms with Crippen LogP contribution in [-0.2, 0) is 11.3 Å². The number of benzene rings is 2. The van der Waals surface area contributed by atoms with Crippen LogP contribution in [0.4, 0.5) is 9.18 Å². The van der Waals surface area contributed by atoms with Crippen LogP contribution in [0.3, 0.4) is 0 Å². The van der Waals surface area contributed by atoms with Crippen molar-refractivity contribution >= 4 is 17.7 Å². The van der Waals surface area contributed by atoms with E-state index in [2.05, 4.69) is 10.9 Å². The first-order chi connectivity index (χ1) is 11.2. The van der Waals surface area contributed by atoms with E-state index in [4.69, 9.17) is 16.3 Å². The first kappa shape index (κ1) is 18.2. The molecule has 0 fully saturated rings. The van der Waals surface area contributed by atoms with Crippen molar-refractivity contribution in [2.75, 3.05) is 0 Å². The molecule has 0 saturated carbocycles. The molecule has 0 radical (unpaired) electrons. The van der Waals surface area contributed by atoms with Gasteiger partial charge in [-0.2, -0.15) is 0 Å². The van der Waals surface area contributed by atoms with Crippen LogP contribution in [-0.4, -0.2) is 11.7 Å². The first-order valence-electron chi connectivity index (χ1n) is 7.51. The summed E-state index contributed by atoms with van der Waals surface area (Å²) in [6.07, 6.45) is -0.542. The maximum Gasteiger partial charge on any atom is 0.422 e. The Balaban J connectivity index is 1.93. The standard InChI is InChI=1S/C18H20ClFN2O2/c1-18(2,3)24-17(23)22-21-11-12-4-6-13(7-5-12)15-10-14(19)8-9-16(15)20/h4-10,21H,11H2,1-3H3,(H,22,23). The predicted molar refractivity (Wildman–Crippen MR) is 93.1 cm³/mol. The number of hydrogen-bond donors (Lipinski definition) is 2. The van der Waals surface area contributed by atoms with Crippen LogP contribution in [0.15, 0.2) is 42.5 Å². The zero-order valence-corrected chi connectivity index (χ0v) is 14.6. The number of hydrogen-bond acceptors (Lipinski definition) is 3. The van der Waals surface area contributed by atoms with E-state index < -0.39 is 11.7 Å². The van der Waals surface area contributed by atoms with E-state index in [9.17, 15) is 9.18 Å². The highest BCUT2D eigenvalue weighted by molar-refractivity contribution is 6.30. The van der Waals surface area contributed by atoms with Crippen molar-refractivity contribution in [2.24, 2.45) is 0 Å². The average molecular weight is 351 g/mol. The number of hydrazine groups is 1. The SMILES string of the molecule is CC(C)(C)OC(=O)NNCc1ccc(-c2cc(Cl)ccc2F)cc1. The van der Waals surface area contributed by atoms with E-state index in [1.54, 1.807) is 39.0 Å². The Morgan fingerprint density at radius 1 is 1.17 bits per heavy atom. The van der Waals surface area contributed by atoms with E-state index in [-0.39, 0.29) is 5.82 Å². The summed E-state index contributed by atoms with van der Waals surface area (Å²) in [6, 6.07) is 11.8. The number of rotatable bonds is 4. The van der Waals surface area contributed by atoms with Crippen LogP contribution < -0.4 is 10.9 Å². The summed E-state index contributed by atoms with van der Waals surface area (Å²) >= 11 is 5.91. The molecule has 1 amide bonds. The number of carbonyl (C=O) groups is 1. The summed E-state index contributed by atoms with van der Waals surface area (Å²) in [5, 5.41) is 0.485. The maximum absolute atomic E-state index is 13.9. The number of amides is 1. The fourth-order valence-electron chi connectivity index (χ4n) is 2.04. The lowest BCUT2D eigenvalue weighted by Gasteiger charge is -2.19. The van der Waals surface area contributed by atoms with E-state index in [0.717, 1.165) is 11.1 Å². The zero-order valence-electron chi connectivity index (χ0n) is 13.8. The van der Waals surface area contributed by atoms with Gasteiger partial charge in [0.05, 0.1) is 0 Å². The summed E-state index contributed by atoms with van der Waals surface area (Å²) in [4.78, 5) is 11.5. The Morgan fingerprint density at radius 2 is 1.83 bits per heavy atom. The Labute approximate surface area is 145 Å². The molecule has 2 aromatic rings. The van der Waals surface area contributed by atoms with Gasteiger partial charge >= 0.3 is 6.09 Å². The van der Waals surface area contributed by atoms with Crippen molar-refractivity contribution in [3.63, 3.8) is 0 Å². The zero-order chi connectivity index (χ0) is 17.7. The lowest BCUT2D eigenvalue weighted by atomic mass is 10.0. The van der Waals surface area contributed by atoms with Crippen molar-refractivity contribution in [2.45, 2.75) is 32.9 Å². The topological polar surface area (TPSA) is 50.4 Å². The molecule has 0 spiro atoms.